The molecule has 3 nitrogen and oxygen atoms in total. The summed E-state index contributed by atoms with van der Waals surface area (Å²) < 4.78 is 0. The van der Waals surface area contributed by atoms with Gasteiger partial charge in [-0.1, -0.05) is 72.8 Å². The number of rotatable bonds is 5. The molecule has 0 saturated carbocycles. The number of hydrogen-bond donors (Lipinski definition) is 1. The molecule has 0 aliphatic rings. The molecule has 32 heavy (non-hydrogen) atoms. The van der Waals surface area contributed by atoms with E-state index in [1.807, 2.05) is 42.5 Å². The molecule has 168 valence electrons. The molecule has 4 aromatic rings. The Kier molecular flexibility index (Phi) is 10.7. The molecule has 0 unspecified atom stereocenters. The Morgan fingerprint density at radius 3 is 1.59 bits per heavy atom. The second kappa shape index (κ2) is 13.8. The van der Waals surface area contributed by atoms with E-state index in [0.717, 1.165) is 30.7 Å². The molecular formula is C29H37N3. The molecule has 0 amide bonds. The number of para-hydroxylation sites is 2. The van der Waals surface area contributed by atoms with Crippen LogP contribution in [0, 0.1) is 0 Å². The van der Waals surface area contributed by atoms with Gasteiger partial charge in [0.15, 0.2) is 0 Å². The molecule has 0 atom stereocenters. The number of fused-ring (bicyclic) bond motifs is 1. The van der Waals surface area contributed by atoms with Crippen molar-refractivity contribution in [2.45, 2.75) is 20.8 Å². The molecule has 0 aliphatic carbocycles. The molecule has 0 spiro atoms. The summed E-state index contributed by atoms with van der Waals surface area (Å²) in [5, 5.41) is 2.34. The van der Waals surface area contributed by atoms with E-state index in [1.54, 1.807) is 0 Å². The Bertz CT molecular complexity index is 1010. The highest BCUT2D eigenvalue weighted by atomic mass is 15.1. The molecule has 0 aliphatic heterocycles. The Labute approximate surface area is 194 Å². The number of hydrogen-bond acceptors (Lipinski definition) is 3. The van der Waals surface area contributed by atoms with Crippen LogP contribution >= 0.6 is 0 Å². The van der Waals surface area contributed by atoms with Crippen LogP contribution in [0.3, 0.4) is 0 Å². The van der Waals surface area contributed by atoms with Crippen LogP contribution in [0.2, 0.25) is 0 Å². The summed E-state index contributed by atoms with van der Waals surface area (Å²) in [5.74, 6) is 0. The molecule has 2 N–H and O–H groups in total. The largest absolute Gasteiger partial charge is 0.398 e. The van der Waals surface area contributed by atoms with Gasteiger partial charge in [-0.05, 0) is 56.5 Å². The van der Waals surface area contributed by atoms with Crippen molar-refractivity contribution in [3.05, 3.63) is 103 Å². The van der Waals surface area contributed by atoms with Crippen LogP contribution in [0.25, 0.3) is 10.8 Å². The summed E-state index contributed by atoms with van der Waals surface area (Å²) in [5.41, 5.74) is 9.21. The zero-order valence-corrected chi connectivity index (χ0v) is 19.9. The first kappa shape index (κ1) is 24.8. The highest BCUT2D eigenvalue weighted by molar-refractivity contribution is 5.92. The van der Waals surface area contributed by atoms with Gasteiger partial charge in [0.1, 0.15) is 0 Å². The standard InChI is InChI=1S/C10H9N.C10H15N.C9H13N/c11-10-7-3-5-8-4-1-2-6-9(8)10;1-3-11(4-2)10-8-6-5-7-9-10;1-3-10(2)9-7-5-4-6-8-9/h1-7H,11H2;5-9H,3-4H2,1-2H3;4-8H,3H2,1-2H3. The summed E-state index contributed by atoms with van der Waals surface area (Å²) in [6.45, 7) is 9.73. The lowest BCUT2D eigenvalue weighted by Gasteiger charge is -2.20. The molecular weight excluding hydrogens is 390 g/mol. The van der Waals surface area contributed by atoms with Crippen LogP contribution in [0.5, 0.6) is 0 Å². The maximum atomic E-state index is 5.76. The molecule has 3 heteroatoms. The first-order valence-corrected chi connectivity index (χ1v) is 11.4. The van der Waals surface area contributed by atoms with Crippen molar-refractivity contribution in [3.63, 3.8) is 0 Å². The van der Waals surface area contributed by atoms with E-state index in [-0.39, 0.29) is 0 Å². The van der Waals surface area contributed by atoms with Crippen LogP contribution in [0.15, 0.2) is 103 Å². The van der Waals surface area contributed by atoms with Gasteiger partial charge < -0.3 is 15.5 Å². The quantitative estimate of drug-likeness (QED) is 0.345. The number of nitrogens with zero attached hydrogens (tertiary/aromatic N) is 2. The van der Waals surface area contributed by atoms with Gasteiger partial charge in [0.05, 0.1) is 0 Å². The van der Waals surface area contributed by atoms with Crippen molar-refractivity contribution < 1.29 is 0 Å². The lowest BCUT2D eigenvalue weighted by molar-refractivity contribution is 0.866. The minimum absolute atomic E-state index is 0.850. The predicted octanol–water partition coefficient (Wildman–Crippen LogP) is 7.10. The van der Waals surface area contributed by atoms with E-state index in [1.165, 1.54) is 16.8 Å². The third kappa shape index (κ3) is 7.66. The van der Waals surface area contributed by atoms with Gasteiger partial charge in [0.2, 0.25) is 0 Å². The fourth-order valence-electron chi connectivity index (χ4n) is 3.34. The van der Waals surface area contributed by atoms with Gasteiger partial charge in [0, 0.05) is 49.1 Å². The second-order valence-corrected chi connectivity index (χ2v) is 7.43. The van der Waals surface area contributed by atoms with Gasteiger partial charge in [-0.3, -0.25) is 0 Å². The van der Waals surface area contributed by atoms with Crippen molar-refractivity contribution in [2.24, 2.45) is 0 Å². The first-order chi connectivity index (χ1) is 15.6. The van der Waals surface area contributed by atoms with Gasteiger partial charge in [-0.2, -0.15) is 0 Å². The number of nitrogen functional groups attached to an aromatic ring is 1. The van der Waals surface area contributed by atoms with Crippen molar-refractivity contribution in [1.29, 1.82) is 0 Å². The molecule has 4 aromatic carbocycles. The fraction of sp³-hybridized carbons (Fsp3) is 0.241. The van der Waals surface area contributed by atoms with Gasteiger partial charge in [-0.15, -0.1) is 0 Å². The second-order valence-electron chi connectivity index (χ2n) is 7.43. The Hall–Kier alpha value is -3.46. The summed E-state index contributed by atoms with van der Waals surface area (Å²) in [4.78, 5) is 4.54. The van der Waals surface area contributed by atoms with Crippen LogP contribution in [0.1, 0.15) is 20.8 Å². The first-order valence-electron chi connectivity index (χ1n) is 11.4. The summed E-state index contributed by atoms with van der Waals surface area (Å²) in [6.07, 6.45) is 0. The minimum Gasteiger partial charge on any atom is -0.398 e. The lowest BCUT2D eigenvalue weighted by atomic mass is 10.1. The van der Waals surface area contributed by atoms with Gasteiger partial charge in [0.25, 0.3) is 0 Å². The summed E-state index contributed by atoms with van der Waals surface area (Å²) in [6, 6.07) is 34.9. The number of anilines is 3. The van der Waals surface area contributed by atoms with E-state index in [9.17, 15) is 0 Å². The van der Waals surface area contributed by atoms with E-state index < -0.39 is 0 Å². The number of nitrogens with two attached hydrogens (primary N) is 1. The van der Waals surface area contributed by atoms with Crippen molar-refractivity contribution in [1.82, 2.24) is 0 Å². The van der Waals surface area contributed by atoms with Crippen molar-refractivity contribution >= 4 is 27.8 Å². The molecule has 0 aromatic heterocycles. The maximum absolute atomic E-state index is 5.76. The smallest absolute Gasteiger partial charge is 0.0393 e. The highest BCUT2D eigenvalue weighted by Crippen LogP contribution is 2.19. The Morgan fingerprint density at radius 2 is 1.06 bits per heavy atom. The van der Waals surface area contributed by atoms with E-state index in [0.29, 0.717) is 0 Å². The molecule has 4 rings (SSSR count). The van der Waals surface area contributed by atoms with Crippen molar-refractivity contribution in [3.8, 4) is 0 Å². The van der Waals surface area contributed by atoms with E-state index in [4.69, 9.17) is 5.73 Å². The van der Waals surface area contributed by atoms with Gasteiger partial charge in [-0.25, -0.2) is 0 Å². The predicted molar refractivity (Wildman–Crippen MR) is 144 cm³/mol. The minimum atomic E-state index is 0.850. The van der Waals surface area contributed by atoms with Crippen LogP contribution in [0.4, 0.5) is 17.1 Å². The van der Waals surface area contributed by atoms with E-state index >= 15 is 0 Å². The molecule has 0 heterocycles. The Balaban J connectivity index is 0.000000170. The molecule has 0 bridgehead atoms. The molecule has 0 fully saturated rings. The maximum Gasteiger partial charge on any atom is 0.0393 e. The third-order valence-corrected chi connectivity index (χ3v) is 5.38. The van der Waals surface area contributed by atoms with Crippen LogP contribution in [-0.4, -0.2) is 26.7 Å². The van der Waals surface area contributed by atoms with Gasteiger partial charge >= 0.3 is 0 Å². The SMILES string of the molecule is CCN(C)c1ccccc1.CCN(CC)c1ccccc1.Nc1cccc2ccccc12. The topological polar surface area (TPSA) is 32.5 Å². The molecule has 0 saturated heterocycles. The molecule has 0 radical (unpaired) electrons. The average molecular weight is 428 g/mol. The average Bonchev–Trinajstić information content (AvgIpc) is 2.87. The van der Waals surface area contributed by atoms with Crippen molar-refractivity contribution in [2.75, 3.05) is 42.2 Å². The monoisotopic (exact) mass is 427 g/mol. The zero-order valence-electron chi connectivity index (χ0n) is 19.9. The van der Waals surface area contributed by atoms with E-state index in [2.05, 4.69) is 98.3 Å². The highest BCUT2D eigenvalue weighted by Gasteiger charge is 1.97. The summed E-state index contributed by atoms with van der Waals surface area (Å²) >= 11 is 0. The zero-order chi connectivity index (χ0) is 23.2. The van der Waals surface area contributed by atoms with Crippen LogP contribution in [-0.2, 0) is 0 Å². The normalized spacial score (nSPS) is 9.75. The summed E-state index contributed by atoms with van der Waals surface area (Å²) in [7, 11) is 2.09. The fourth-order valence-corrected chi connectivity index (χ4v) is 3.34. The number of benzene rings is 4. The Morgan fingerprint density at radius 1 is 0.562 bits per heavy atom. The third-order valence-electron chi connectivity index (χ3n) is 5.38. The van der Waals surface area contributed by atoms with Crippen LogP contribution < -0.4 is 15.5 Å². The lowest BCUT2D eigenvalue weighted by Crippen LogP contribution is -2.21.